The van der Waals surface area contributed by atoms with E-state index in [0.717, 1.165) is 10.1 Å². The number of alkyl halides is 2. The quantitative estimate of drug-likeness (QED) is 0.352. The molecule has 0 bridgehead atoms. The fraction of sp³-hybridized carbons (Fsp3) is 0.375. The molecular weight excluding hydrogens is 491 g/mol. The molecular formula is C16H22F2IN5O2S. The zero-order chi connectivity index (χ0) is 19.3. The Labute approximate surface area is 174 Å². The molecule has 0 fully saturated rings. The lowest BCUT2D eigenvalue weighted by Crippen LogP contribution is -2.37. The zero-order valence-electron chi connectivity index (χ0n) is 15.1. The van der Waals surface area contributed by atoms with Crippen LogP contribution in [0.15, 0.2) is 40.5 Å². The van der Waals surface area contributed by atoms with Gasteiger partial charge in [0, 0.05) is 32.2 Å². The summed E-state index contributed by atoms with van der Waals surface area (Å²) in [5, 5.41) is 5.96. The third-order valence-electron chi connectivity index (χ3n) is 3.70. The molecule has 0 atom stereocenters. The number of sulfone groups is 1. The first-order chi connectivity index (χ1) is 12.2. The van der Waals surface area contributed by atoms with Gasteiger partial charge in [0.25, 0.3) is 0 Å². The summed E-state index contributed by atoms with van der Waals surface area (Å²) in [6.45, 7) is -0.436. The Morgan fingerprint density at radius 3 is 2.52 bits per heavy atom. The van der Waals surface area contributed by atoms with Crippen LogP contribution in [0.1, 0.15) is 23.5 Å². The van der Waals surface area contributed by atoms with Crippen molar-refractivity contribution in [1.82, 2.24) is 20.2 Å². The molecule has 0 unspecified atom stereocenters. The zero-order valence-corrected chi connectivity index (χ0v) is 18.3. The maximum absolute atomic E-state index is 12.8. The average molecular weight is 513 g/mol. The number of halogens is 3. The summed E-state index contributed by atoms with van der Waals surface area (Å²) in [5.74, 6) is 0.606. The van der Waals surface area contributed by atoms with Crippen molar-refractivity contribution in [2.24, 2.45) is 4.99 Å². The number of imidazole rings is 1. The Balaban J connectivity index is 0.00000364. The largest absolute Gasteiger partial charge is 0.352 e. The predicted octanol–water partition coefficient (Wildman–Crippen LogP) is 2.47. The van der Waals surface area contributed by atoms with Crippen LogP contribution in [0.3, 0.4) is 0 Å². The summed E-state index contributed by atoms with van der Waals surface area (Å²) < 4.78 is 49.7. The van der Waals surface area contributed by atoms with Crippen molar-refractivity contribution in [3.63, 3.8) is 0 Å². The molecule has 0 aliphatic heterocycles. The molecule has 27 heavy (non-hydrogen) atoms. The third-order valence-corrected chi connectivity index (χ3v) is 4.95. The molecule has 0 spiro atoms. The van der Waals surface area contributed by atoms with Gasteiger partial charge < -0.3 is 10.6 Å². The van der Waals surface area contributed by atoms with Crippen LogP contribution in [0, 0.1) is 6.92 Å². The van der Waals surface area contributed by atoms with Gasteiger partial charge in [0.2, 0.25) is 0 Å². The lowest BCUT2D eigenvalue weighted by Gasteiger charge is -2.13. The molecule has 11 heteroatoms. The summed E-state index contributed by atoms with van der Waals surface area (Å²) in [7, 11) is -1.70. The number of aliphatic imine (C=N–C) groups is 1. The monoisotopic (exact) mass is 513 g/mol. The summed E-state index contributed by atoms with van der Waals surface area (Å²) in [6, 6.07) is 5.06. The maximum Gasteiger partial charge on any atom is 0.319 e. The van der Waals surface area contributed by atoms with Gasteiger partial charge in [-0.15, -0.1) is 24.0 Å². The molecule has 1 heterocycles. The number of guanidine groups is 1. The molecule has 0 radical (unpaired) electrons. The molecule has 2 N–H and O–H groups in total. The van der Waals surface area contributed by atoms with E-state index in [1.807, 2.05) is 0 Å². The van der Waals surface area contributed by atoms with Crippen molar-refractivity contribution < 1.29 is 17.2 Å². The first-order valence-corrected chi connectivity index (χ1v) is 9.65. The molecule has 0 aliphatic carbocycles. The molecule has 2 aromatic rings. The summed E-state index contributed by atoms with van der Waals surface area (Å²) in [6.07, 6.45) is 3.69. The highest BCUT2D eigenvalue weighted by Crippen LogP contribution is 2.16. The van der Waals surface area contributed by atoms with Crippen molar-refractivity contribution in [2.45, 2.75) is 31.5 Å². The minimum atomic E-state index is -3.26. The van der Waals surface area contributed by atoms with E-state index in [0.29, 0.717) is 23.0 Å². The van der Waals surface area contributed by atoms with E-state index in [9.17, 15) is 17.2 Å². The van der Waals surface area contributed by atoms with Crippen LogP contribution in [0.4, 0.5) is 8.78 Å². The summed E-state index contributed by atoms with van der Waals surface area (Å²) in [5.41, 5.74) is 1.53. The van der Waals surface area contributed by atoms with Crippen molar-refractivity contribution in [1.29, 1.82) is 0 Å². The Morgan fingerprint density at radius 2 is 1.96 bits per heavy atom. The fourth-order valence-electron chi connectivity index (χ4n) is 2.47. The van der Waals surface area contributed by atoms with Gasteiger partial charge in [-0.1, -0.05) is 12.1 Å². The highest BCUT2D eigenvalue weighted by molar-refractivity contribution is 14.0. The van der Waals surface area contributed by atoms with Gasteiger partial charge in [-0.3, -0.25) is 9.56 Å². The van der Waals surface area contributed by atoms with E-state index < -0.39 is 16.4 Å². The topological polar surface area (TPSA) is 88.4 Å². The Hall–Kier alpha value is -1.76. The summed E-state index contributed by atoms with van der Waals surface area (Å²) in [4.78, 5) is 8.21. The van der Waals surface area contributed by atoms with Crippen molar-refractivity contribution in [2.75, 3.05) is 13.3 Å². The number of rotatable bonds is 6. The van der Waals surface area contributed by atoms with Gasteiger partial charge in [-0.05, 0) is 24.1 Å². The minimum Gasteiger partial charge on any atom is -0.352 e. The van der Waals surface area contributed by atoms with Crippen molar-refractivity contribution in [3.05, 3.63) is 47.5 Å². The predicted molar refractivity (Wildman–Crippen MR) is 110 cm³/mol. The minimum absolute atomic E-state index is 0. The van der Waals surface area contributed by atoms with Gasteiger partial charge in [0.1, 0.15) is 5.82 Å². The number of hydrogen-bond donors (Lipinski definition) is 2. The van der Waals surface area contributed by atoms with Crippen LogP contribution < -0.4 is 10.6 Å². The van der Waals surface area contributed by atoms with E-state index in [4.69, 9.17) is 0 Å². The molecule has 0 amide bonds. The number of aryl methyl sites for hydroxylation is 1. The van der Waals surface area contributed by atoms with Gasteiger partial charge >= 0.3 is 6.55 Å². The number of nitrogens with one attached hydrogen (secondary N) is 2. The van der Waals surface area contributed by atoms with E-state index in [1.54, 1.807) is 32.2 Å². The van der Waals surface area contributed by atoms with Crippen LogP contribution in [0.2, 0.25) is 0 Å². The number of hydrogen-bond acceptors (Lipinski definition) is 4. The fourth-order valence-corrected chi connectivity index (χ4v) is 3.42. The van der Waals surface area contributed by atoms with Crippen LogP contribution >= 0.6 is 24.0 Å². The Kier molecular flexibility index (Phi) is 8.59. The second-order valence-corrected chi connectivity index (χ2v) is 7.66. The Bertz CT molecular complexity index is 900. The van der Waals surface area contributed by atoms with Crippen LogP contribution in [-0.2, 0) is 22.9 Å². The van der Waals surface area contributed by atoms with Gasteiger partial charge in [-0.2, -0.15) is 8.78 Å². The first kappa shape index (κ1) is 23.3. The normalized spacial score (nSPS) is 12.0. The number of benzene rings is 1. The first-order valence-electron chi connectivity index (χ1n) is 7.76. The van der Waals surface area contributed by atoms with Gasteiger partial charge in [0.15, 0.2) is 15.8 Å². The number of aromatic nitrogens is 2. The lowest BCUT2D eigenvalue weighted by molar-refractivity contribution is 0.0668. The SMILES string of the molecule is CN=C(NCc1ccc(S(C)(=O)=O)c(C)c1)NCc1nccn1C(F)F.I. The summed E-state index contributed by atoms with van der Waals surface area (Å²) >= 11 is 0. The van der Waals surface area contributed by atoms with E-state index >= 15 is 0 Å². The lowest BCUT2D eigenvalue weighted by atomic mass is 10.1. The van der Waals surface area contributed by atoms with E-state index in [2.05, 4.69) is 20.6 Å². The van der Waals surface area contributed by atoms with Crippen LogP contribution in [0.5, 0.6) is 0 Å². The van der Waals surface area contributed by atoms with Crippen LogP contribution in [0.25, 0.3) is 0 Å². The highest BCUT2D eigenvalue weighted by Gasteiger charge is 2.12. The van der Waals surface area contributed by atoms with Gasteiger partial charge in [0.05, 0.1) is 11.4 Å². The smallest absolute Gasteiger partial charge is 0.319 e. The molecule has 2 rings (SSSR count). The molecule has 0 saturated heterocycles. The molecule has 1 aromatic carbocycles. The molecule has 7 nitrogen and oxygen atoms in total. The molecule has 0 saturated carbocycles. The second-order valence-electron chi connectivity index (χ2n) is 5.68. The van der Waals surface area contributed by atoms with E-state index in [-0.39, 0.29) is 36.3 Å². The van der Waals surface area contributed by atoms with Crippen molar-refractivity contribution in [3.8, 4) is 0 Å². The van der Waals surface area contributed by atoms with Gasteiger partial charge in [-0.25, -0.2) is 13.4 Å². The number of nitrogens with zero attached hydrogens (tertiary/aromatic N) is 3. The van der Waals surface area contributed by atoms with Crippen LogP contribution in [-0.4, -0.2) is 37.2 Å². The second kappa shape index (κ2) is 9.97. The standard InChI is InChI=1S/C16H21F2N5O2S.HI/c1-11-8-12(4-5-13(11)26(3,24)25)9-21-16(19-2)22-10-14-20-6-7-23(14)15(17)18;/h4-8,15H,9-10H2,1-3H3,(H2,19,21,22);1H. The molecule has 0 aliphatic rings. The Morgan fingerprint density at radius 1 is 1.30 bits per heavy atom. The maximum atomic E-state index is 12.8. The van der Waals surface area contributed by atoms with E-state index in [1.165, 1.54) is 18.6 Å². The highest BCUT2D eigenvalue weighted by atomic mass is 127. The third kappa shape index (κ3) is 6.41. The van der Waals surface area contributed by atoms with Crippen molar-refractivity contribution >= 4 is 39.8 Å². The average Bonchev–Trinajstić information content (AvgIpc) is 3.02. The molecule has 1 aromatic heterocycles. The molecule has 150 valence electrons.